The summed E-state index contributed by atoms with van der Waals surface area (Å²) in [4.78, 5) is 14.8. The molecule has 3 aliphatic heterocycles. The molecule has 312 valence electrons. The van der Waals surface area contributed by atoms with E-state index in [4.69, 9.17) is 15.2 Å². The highest BCUT2D eigenvalue weighted by molar-refractivity contribution is 6.00. The molecule has 8 N–H and O–H groups in total. The summed E-state index contributed by atoms with van der Waals surface area (Å²) in [7, 11) is 0. The maximum Gasteiger partial charge on any atom is 0.162 e. The monoisotopic (exact) mass is 770 g/mol. The Labute approximate surface area is 331 Å². The molecule has 0 aromatic rings. The summed E-state index contributed by atoms with van der Waals surface area (Å²) in [6.07, 6.45) is 16.3. The van der Waals surface area contributed by atoms with Crippen LogP contribution in [0.1, 0.15) is 157 Å². The third-order valence-corrected chi connectivity index (χ3v) is 18.6. The number of allylic oxidation sites excluding steroid dienone is 1. The van der Waals surface area contributed by atoms with Crippen molar-refractivity contribution in [2.45, 2.75) is 198 Å². The fourth-order valence-electron chi connectivity index (χ4n) is 15.0. The molecule has 0 amide bonds. The van der Waals surface area contributed by atoms with Crippen molar-refractivity contribution in [3.63, 3.8) is 0 Å². The molecule has 6 fully saturated rings. The van der Waals surface area contributed by atoms with Crippen LogP contribution < -0.4 is 11.1 Å². The molecule has 0 aromatic heterocycles. The van der Waals surface area contributed by atoms with Gasteiger partial charge < -0.3 is 35.2 Å². The number of unbranched alkanes of at least 4 members (excludes halogenated alkanes) is 3. The Kier molecular flexibility index (Phi) is 10.9. The van der Waals surface area contributed by atoms with Gasteiger partial charge in [-0.3, -0.25) is 10.5 Å². The molecule has 8 rings (SSSR count). The zero-order valence-electron chi connectivity index (χ0n) is 35.0. The zero-order valence-corrected chi connectivity index (χ0v) is 35.0. The molecule has 3 saturated carbocycles. The second kappa shape index (κ2) is 14.7. The number of aliphatic hydroxyl groups excluding tert-OH is 2. The molecule has 9 nitrogen and oxygen atoms in total. The van der Waals surface area contributed by atoms with E-state index < -0.39 is 39.8 Å². The van der Waals surface area contributed by atoms with E-state index in [0.29, 0.717) is 31.3 Å². The number of carbonyl (C=O) groups is 1. The van der Waals surface area contributed by atoms with Crippen LogP contribution >= 0.6 is 0 Å². The number of quaternary nitrogens is 1. The quantitative estimate of drug-likeness (QED) is 0.109. The number of piperidine rings is 1. The van der Waals surface area contributed by atoms with E-state index in [1.165, 1.54) is 19.3 Å². The minimum Gasteiger partial charge on any atom is -0.396 e. The first-order valence-corrected chi connectivity index (χ1v) is 23.0. The van der Waals surface area contributed by atoms with Crippen LogP contribution in [0.2, 0.25) is 0 Å². The number of ether oxygens (including phenoxy) is 2. The molecule has 9 heteroatoms. The Bertz CT molecular complexity index is 1490. The van der Waals surface area contributed by atoms with Gasteiger partial charge in [-0.15, -0.1) is 0 Å². The van der Waals surface area contributed by atoms with Gasteiger partial charge in [-0.05, 0) is 143 Å². The summed E-state index contributed by atoms with van der Waals surface area (Å²) in [6.45, 7) is 12.3. The van der Waals surface area contributed by atoms with Crippen LogP contribution in [-0.2, 0) is 14.3 Å². The minimum absolute atomic E-state index is 0.00165. The molecule has 5 aliphatic carbocycles. The second-order valence-electron chi connectivity index (χ2n) is 21.4. The SMILES string of the molecule is CCCCCCC12CCC(O)CC1C(=O)C1=C3C2CCC2(C)C(C4(C5OC5C(C)(O)C(C)(CO)CCC5CC[NH2+]C(N)C5)CC(C)CCO4)CC(CC1)C32O. The lowest BCUT2D eigenvalue weighted by atomic mass is 9.41. The van der Waals surface area contributed by atoms with Gasteiger partial charge in [-0.1, -0.05) is 53.4 Å². The minimum atomic E-state index is -1.29. The van der Waals surface area contributed by atoms with Gasteiger partial charge in [0.2, 0.25) is 0 Å². The lowest BCUT2D eigenvalue weighted by Crippen LogP contribution is -2.94. The zero-order chi connectivity index (χ0) is 39.2. The number of ketones is 1. The molecular weight excluding hydrogens is 693 g/mol. The van der Waals surface area contributed by atoms with Crippen molar-refractivity contribution in [2.24, 2.45) is 57.5 Å². The number of hydrogen-bond donors (Lipinski definition) is 6. The molecule has 16 atom stereocenters. The smallest absolute Gasteiger partial charge is 0.162 e. The lowest BCUT2D eigenvalue weighted by molar-refractivity contribution is -0.699. The number of rotatable bonds is 13. The fraction of sp³-hybridized carbons (Fsp3) is 0.935. The van der Waals surface area contributed by atoms with E-state index >= 15 is 0 Å². The fourth-order valence-corrected chi connectivity index (χ4v) is 15.0. The van der Waals surface area contributed by atoms with Crippen molar-refractivity contribution in [3.05, 3.63) is 11.1 Å². The van der Waals surface area contributed by atoms with Crippen LogP contribution in [-0.4, -0.2) is 87.2 Å². The topological polar surface area (TPSA) is 162 Å². The van der Waals surface area contributed by atoms with Gasteiger partial charge in [-0.25, -0.2) is 0 Å². The summed E-state index contributed by atoms with van der Waals surface area (Å²) in [5, 5.41) is 50.5. The van der Waals surface area contributed by atoms with Gasteiger partial charge in [0.15, 0.2) is 5.78 Å². The molecule has 3 heterocycles. The van der Waals surface area contributed by atoms with E-state index in [1.807, 2.05) is 13.8 Å². The largest absolute Gasteiger partial charge is 0.396 e. The molecule has 0 bridgehead atoms. The predicted octanol–water partition coefficient (Wildman–Crippen LogP) is 5.30. The third-order valence-electron chi connectivity index (χ3n) is 18.6. The summed E-state index contributed by atoms with van der Waals surface area (Å²) >= 11 is 0. The van der Waals surface area contributed by atoms with Crippen molar-refractivity contribution in [1.29, 1.82) is 0 Å². The van der Waals surface area contributed by atoms with Gasteiger partial charge in [-0.2, -0.15) is 0 Å². The Hall–Kier alpha value is -0.910. The highest BCUT2D eigenvalue weighted by atomic mass is 16.6. The van der Waals surface area contributed by atoms with Crippen LogP contribution in [0.4, 0.5) is 0 Å². The molecule has 0 aromatic carbocycles. The van der Waals surface area contributed by atoms with Gasteiger partial charge in [0.05, 0.1) is 30.5 Å². The first-order chi connectivity index (χ1) is 26.1. The van der Waals surface area contributed by atoms with Gasteiger partial charge >= 0.3 is 0 Å². The van der Waals surface area contributed by atoms with Crippen molar-refractivity contribution in [3.8, 4) is 0 Å². The standard InChI is InChI=1S/C46H76N2O7/c1-6-7-8-9-17-44-20-13-31(50)25-34(44)38(51)32-11-10-30-24-35(42(4)19-14-33(44)37(32)46(30,42)53)45(26-28(2)16-22-54-45)40-39(55-40)43(5,52)41(3,27-49)18-12-29-15-21-48-36(47)23-29/h28-31,33-36,39-40,48-50,52-53H,6-27,47H2,1-5H3/p+1. The van der Waals surface area contributed by atoms with Gasteiger partial charge in [0, 0.05) is 29.8 Å². The molecule has 0 spiro atoms. The number of aliphatic hydroxyl groups is 4. The molecule has 16 unspecified atom stereocenters. The highest BCUT2D eigenvalue weighted by Crippen LogP contribution is 2.75. The van der Waals surface area contributed by atoms with Crippen LogP contribution in [0.3, 0.4) is 0 Å². The number of hydrogen-bond acceptors (Lipinski definition) is 8. The predicted molar refractivity (Wildman–Crippen MR) is 211 cm³/mol. The first kappa shape index (κ1) is 40.9. The first-order valence-electron chi connectivity index (χ1n) is 23.0. The van der Waals surface area contributed by atoms with Crippen LogP contribution in [0, 0.1) is 51.8 Å². The Morgan fingerprint density at radius 3 is 2.55 bits per heavy atom. The lowest BCUT2D eigenvalue weighted by Gasteiger charge is -2.64. The maximum atomic E-state index is 14.8. The number of carbonyl (C=O) groups excluding carboxylic acids is 1. The number of nitrogens with two attached hydrogens (primary N) is 2. The van der Waals surface area contributed by atoms with Crippen molar-refractivity contribution >= 4 is 5.78 Å². The summed E-state index contributed by atoms with van der Waals surface area (Å²) in [5.41, 5.74) is 3.77. The van der Waals surface area contributed by atoms with E-state index in [9.17, 15) is 25.2 Å². The van der Waals surface area contributed by atoms with E-state index in [2.05, 4.69) is 26.1 Å². The van der Waals surface area contributed by atoms with E-state index in [0.717, 1.165) is 108 Å². The van der Waals surface area contributed by atoms with E-state index in [-0.39, 0.29) is 53.7 Å². The summed E-state index contributed by atoms with van der Waals surface area (Å²) in [6, 6.07) is 0. The average Bonchev–Trinajstić information content (AvgIpc) is 3.94. The van der Waals surface area contributed by atoms with Crippen molar-refractivity contribution in [2.75, 3.05) is 19.8 Å². The highest BCUT2D eigenvalue weighted by Gasteiger charge is 2.78. The second-order valence-corrected chi connectivity index (χ2v) is 21.4. The average molecular weight is 770 g/mol. The molecule has 0 radical (unpaired) electrons. The maximum absolute atomic E-state index is 14.8. The van der Waals surface area contributed by atoms with Crippen molar-refractivity contribution < 1.29 is 40.0 Å². The number of Topliss-reactive ketones (excluding diaryl/α,β-unsaturated/α-hetero) is 1. The molecule has 55 heavy (non-hydrogen) atoms. The Morgan fingerprint density at radius 1 is 1.02 bits per heavy atom. The van der Waals surface area contributed by atoms with Gasteiger partial charge in [0.1, 0.15) is 24.0 Å². The number of epoxide rings is 1. The Balaban J connectivity index is 1.12. The normalized spacial score (nSPS) is 48.8. The van der Waals surface area contributed by atoms with Crippen molar-refractivity contribution in [1.82, 2.24) is 0 Å². The van der Waals surface area contributed by atoms with Crippen LogP contribution in [0.25, 0.3) is 0 Å². The Morgan fingerprint density at radius 2 is 1.82 bits per heavy atom. The summed E-state index contributed by atoms with van der Waals surface area (Å²) < 4.78 is 13.9. The molecular formula is C46H77N2O7+. The molecule has 8 aliphatic rings. The van der Waals surface area contributed by atoms with Gasteiger partial charge in [0.25, 0.3) is 0 Å². The van der Waals surface area contributed by atoms with Crippen LogP contribution in [0.15, 0.2) is 11.1 Å². The molecule has 3 saturated heterocycles. The van der Waals surface area contributed by atoms with E-state index in [1.54, 1.807) is 0 Å². The van der Waals surface area contributed by atoms with Crippen LogP contribution in [0.5, 0.6) is 0 Å². The third kappa shape index (κ3) is 6.15. The number of fused-ring (bicyclic) bond motifs is 2. The summed E-state index contributed by atoms with van der Waals surface area (Å²) in [5.74, 6) is 1.19.